The Hall–Kier alpha value is -3.60. The van der Waals surface area contributed by atoms with Crippen LogP contribution in [0.3, 0.4) is 0 Å². The van der Waals surface area contributed by atoms with E-state index in [-0.39, 0.29) is 12.5 Å². The summed E-state index contributed by atoms with van der Waals surface area (Å²) in [7, 11) is 0. The molecule has 5 heteroatoms. The third-order valence-corrected chi connectivity index (χ3v) is 4.23. The molecule has 0 aliphatic heterocycles. The molecule has 0 spiro atoms. The van der Waals surface area contributed by atoms with Gasteiger partial charge in [-0.2, -0.15) is 0 Å². The molecular formula is C22H19N3O2. The van der Waals surface area contributed by atoms with Crippen molar-refractivity contribution in [3.8, 4) is 5.75 Å². The number of imidazole rings is 1. The first kappa shape index (κ1) is 16.8. The normalized spacial score (nSPS) is 10.7. The fourth-order valence-electron chi connectivity index (χ4n) is 2.82. The van der Waals surface area contributed by atoms with Gasteiger partial charge in [0.15, 0.2) is 0 Å². The average molecular weight is 357 g/mol. The second kappa shape index (κ2) is 7.33. The molecule has 0 aliphatic carbocycles. The molecule has 27 heavy (non-hydrogen) atoms. The van der Waals surface area contributed by atoms with E-state index in [4.69, 9.17) is 4.74 Å². The summed E-state index contributed by atoms with van der Waals surface area (Å²) in [4.78, 5) is 17.2. The van der Waals surface area contributed by atoms with E-state index in [0.717, 1.165) is 22.6 Å². The van der Waals surface area contributed by atoms with Crippen LogP contribution in [-0.2, 0) is 6.61 Å². The number of carbonyl (C=O) groups is 1. The van der Waals surface area contributed by atoms with Crippen molar-refractivity contribution in [3.63, 3.8) is 0 Å². The van der Waals surface area contributed by atoms with E-state index >= 15 is 0 Å². The van der Waals surface area contributed by atoms with Gasteiger partial charge < -0.3 is 14.5 Å². The highest BCUT2D eigenvalue weighted by molar-refractivity contribution is 6.06. The lowest BCUT2D eigenvalue weighted by molar-refractivity contribution is 0.102. The van der Waals surface area contributed by atoms with Crippen molar-refractivity contribution in [2.45, 2.75) is 13.5 Å². The zero-order valence-corrected chi connectivity index (χ0v) is 14.9. The number of para-hydroxylation sites is 1. The van der Waals surface area contributed by atoms with Crippen LogP contribution in [0, 0.1) is 6.92 Å². The first-order chi connectivity index (χ1) is 13.2. The van der Waals surface area contributed by atoms with Crippen LogP contribution in [0.4, 0.5) is 5.69 Å². The number of aromatic nitrogens is 2. The van der Waals surface area contributed by atoms with Crippen LogP contribution in [0.2, 0.25) is 0 Å². The number of ether oxygens (including phenoxy) is 1. The lowest BCUT2D eigenvalue weighted by Crippen LogP contribution is -2.13. The molecule has 1 N–H and O–H groups in total. The number of carbonyl (C=O) groups excluding carboxylic acids is 1. The minimum absolute atomic E-state index is 0.204. The number of amides is 1. The predicted octanol–water partition coefficient (Wildman–Crippen LogP) is 4.47. The number of anilines is 1. The molecule has 0 unspecified atom stereocenters. The molecule has 134 valence electrons. The first-order valence-electron chi connectivity index (χ1n) is 8.71. The lowest BCUT2D eigenvalue weighted by Gasteiger charge is -2.11. The molecule has 1 amide bonds. The van der Waals surface area contributed by atoms with Gasteiger partial charge in [-0.1, -0.05) is 35.9 Å². The molecule has 2 heterocycles. The molecule has 0 radical (unpaired) electrons. The van der Waals surface area contributed by atoms with Gasteiger partial charge in [0.1, 0.15) is 18.0 Å². The molecule has 2 aromatic heterocycles. The van der Waals surface area contributed by atoms with Crippen molar-refractivity contribution in [1.82, 2.24) is 9.38 Å². The second-order valence-corrected chi connectivity index (χ2v) is 6.30. The van der Waals surface area contributed by atoms with E-state index in [9.17, 15) is 4.79 Å². The molecule has 0 saturated carbocycles. The SMILES string of the molecule is Cc1ccc(NC(=O)c2ccccc2OCc2cn3ccccc3n2)cc1. The molecule has 4 rings (SSSR count). The van der Waals surface area contributed by atoms with Crippen molar-refractivity contribution >= 4 is 17.2 Å². The van der Waals surface area contributed by atoms with Gasteiger partial charge in [-0.15, -0.1) is 0 Å². The number of nitrogens with one attached hydrogen (secondary N) is 1. The summed E-state index contributed by atoms with van der Waals surface area (Å²) < 4.78 is 7.83. The minimum atomic E-state index is -0.204. The molecule has 0 fully saturated rings. The van der Waals surface area contributed by atoms with Crippen LogP contribution in [0.15, 0.2) is 79.1 Å². The maximum absolute atomic E-state index is 12.7. The van der Waals surface area contributed by atoms with Crippen LogP contribution in [0.1, 0.15) is 21.6 Å². The van der Waals surface area contributed by atoms with Crippen molar-refractivity contribution in [3.05, 3.63) is 95.9 Å². The smallest absolute Gasteiger partial charge is 0.259 e. The number of nitrogens with zero attached hydrogens (tertiary/aromatic N) is 2. The van der Waals surface area contributed by atoms with Gasteiger partial charge in [-0.25, -0.2) is 4.98 Å². The molecule has 4 aromatic rings. The van der Waals surface area contributed by atoms with Crippen molar-refractivity contribution < 1.29 is 9.53 Å². The summed E-state index contributed by atoms with van der Waals surface area (Å²) in [5.41, 5.74) is 4.04. The maximum atomic E-state index is 12.7. The third-order valence-electron chi connectivity index (χ3n) is 4.23. The summed E-state index contributed by atoms with van der Waals surface area (Å²) in [6, 6.07) is 20.7. The molecule has 0 bridgehead atoms. The summed E-state index contributed by atoms with van der Waals surface area (Å²) in [5.74, 6) is 0.323. The Balaban J connectivity index is 1.50. The van der Waals surface area contributed by atoms with Crippen LogP contribution in [0.25, 0.3) is 5.65 Å². The highest BCUT2D eigenvalue weighted by Gasteiger charge is 2.13. The number of aryl methyl sites for hydroxylation is 1. The number of pyridine rings is 1. The zero-order chi connectivity index (χ0) is 18.6. The number of hydrogen-bond acceptors (Lipinski definition) is 3. The van der Waals surface area contributed by atoms with Gasteiger partial charge >= 0.3 is 0 Å². The number of benzene rings is 2. The van der Waals surface area contributed by atoms with Gasteiger partial charge in [-0.3, -0.25) is 4.79 Å². The van der Waals surface area contributed by atoms with E-state index in [2.05, 4.69) is 10.3 Å². The van der Waals surface area contributed by atoms with Gasteiger partial charge in [0, 0.05) is 18.1 Å². The molecular weight excluding hydrogens is 338 g/mol. The van der Waals surface area contributed by atoms with E-state index in [1.54, 1.807) is 12.1 Å². The highest BCUT2D eigenvalue weighted by atomic mass is 16.5. The Morgan fingerprint density at radius 1 is 1.04 bits per heavy atom. The van der Waals surface area contributed by atoms with Gasteiger partial charge in [-0.05, 0) is 43.3 Å². The van der Waals surface area contributed by atoms with Gasteiger partial charge in [0.2, 0.25) is 0 Å². The molecule has 0 saturated heterocycles. The van der Waals surface area contributed by atoms with Crippen LogP contribution in [-0.4, -0.2) is 15.3 Å². The fourth-order valence-corrected chi connectivity index (χ4v) is 2.82. The molecule has 2 aromatic carbocycles. The topological polar surface area (TPSA) is 55.6 Å². The zero-order valence-electron chi connectivity index (χ0n) is 14.9. The first-order valence-corrected chi connectivity index (χ1v) is 8.71. The predicted molar refractivity (Wildman–Crippen MR) is 105 cm³/mol. The average Bonchev–Trinajstić information content (AvgIpc) is 3.11. The standard InChI is InChI=1S/C22H19N3O2/c1-16-9-11-17(12-10-16)24-22(26)19-6-2-3-7-20(19)27-15-18-14-25-13-5-4-8-21(25)23-18/h2-14H,15H2,1H3,(H,24,26). The summed E-state index contributed by atoms with van der Waals surface area (Å²) in [6.45, 7) is 2.30. The monoisotopic (exact) mass is 357 g/mol. The van der Waals surface area contributed by atoms with E-state index < -0.39 is 0 Å². The van der Waals surface area contributed by atoms with E-state index in [1.165, 1.54) is 0 Å². The van der Waals surface area contributed by atoms with Crippen molar-refractivity contribution in [1.29, 1.82) is 0 Å². The van der Waals surface area contributed by atoms with Crippen LogP contribution < -0.4 is 10.1 Å². The number of fused-ring (bicyclic) bond motifs is 1. The fraction of sp³-hybridized carbons (Fsp3) is 0.0909. The summed E-state index contributed by atoms with van der Waals surface area (Å²) in [6.07, 6.45) is 3.86. The number of rotatable bonds is 5. The molecule has 0 aliphatic rings. The van der Waals surface area contributed by atoms with E-state index in [0.29, 0.717) is 11.3 Å². The second-order valence-electron chi connectivity index (χ2n) is 6.30. The Morgan fingerprint density at radius 2 is 1.81 bits per heavy atom. The third kappa shape index (κ3) is 3.82. The maximum Gasteiger partial charge on any atom is 0.259 e. The van der Waals surface area contributed by atoms with Gasteiger partial charge in [0.05, 0.1) is 11.3 Å². The van der Waals surface area contributed by atoms with Crippen molar-refractivity contribution in [2.24, 2.45) is 0 Å². The van der Waals surface area contributed by atoms with E-state index in [1.807, 2.05) is 78.3 Å². The summed E-state index contributed by atoms with van der Waals surface area (Å²) in [5, 5.41) is 2.91. The lowest BCUT2D eigenvalue weighted by atomic mass is 10.1. The Bertz CT molecular complexity index is 1050. The van der Waals surface area contributed by atoms with Crippen molar-refractivity contribution in [2.75, 3.05) is 5.32 Å². The number of hydrogen-bond donors (Lipinski definition) is 1. The minimum Gasteiger partial charge on any atom is -0.486 e. The molecule has 0 atom stereocenters. The highest BCUT2D eigenvalue weighted by Crippen LogP contribution is 2.21. The van der Waals surface area contributed by atoms with Gasteiger partial charge in [0.25, 0.3) is 5.91 Å². The quantitative estimate of drug-likeness (QED) is 0.573. The van der Waals surface area contributed by atoms with Crippen LogP contribution >= 0.6 is 0 Å². The Morgan fingerprint density at radius 3 is 2.63 bits per heavy atom. The Kier molecular flexibility index (Phi) is 4.58. The molecule has 5 nitrogen and oxygen atoms in total. The Labute approximate surface area is 157 Å². The summed E-state index contributed by atoms with van der Waals surface area (Å²) >= 11 is 0. The van der Waals surface area contributed by atoms with Crippen LogP contribution in [0.5, 0.6) is 5.75 Å². The largest absolute Gasteiger partial charge is 0.486 e.